The highest BCUT2D eigenvalue weighted by Gasteiger charge is 2.23. The molecule has 0 fully saturated rings. The van der Waals surface area contributed by atoms with E-state index in [0.717, 1.165) is 39.7 Å². The number of hydrogen-bond donors (Lipinski definition) is 1. The third-order valence-electron chi connectivity index (χ3n) is 4.11. The number of rotatable bonds is 4. The van der Waals surface area contributed by atoms with Crippen LogP contribution in [0.25, 0.3) is 16.9 Å². The molecule has 3 aromatic heterocycles. The molecule has 0 spiro atoms. The third kappa shape index (κ3) is 3.04. The van der Waals surface area contributed by atoms with Crippen LogP contribution in [0.1, 0.15) is 29.4 Å². The highest BCUT2D eigenvalue weighted by atomic mass is 79.9. The minimum Gasteiger partial charge on any atom is -0.317 e. The maximum absolute atomic E-state index is 13.1. The van der Waals surface area contributed by atoms with Crippen LogP contribution in [0.5, 0.6) is 0 Å². The monoisotopic (exact) mass is 431 g/mol. The molecular weight excluding hydrogens is 417 g/mol. The van der Waals surface area contributed by atoms with Gasteiger partial charge in [-0.3, -0.25) is 0 Å². The fraction of sp³-hybridized carbons (Fsp3) is 0.167. The van der Waals surface area contributed by atoms with E-state index >= 15 is 0 Å². The molecule has 1 aromatic carbocycles. The number of halogens is 2. The van der Waals surface area contributed by atoms with Crippen LogP contribution >= 0.6 is 27.3 Å². The molecule has 4 rings (SSSR count). The van der Waals surface area contributed by atoms with Gasteiger partial charge in [-0.15, -0.1) is 11.3 Å². The molecule has 0 aliphatic rings. The topological polar surface area (TPSA) is 69.1 Å². The summed E-state index contributed by atoms with van der Waals surface area (Å²) in [5.74, 6) is -0.268. The lowest BCUT2D eigenvalue weighted by atomic mass is 10.1. The Hall–Kier alpha value is -2.16. The zero-order valence-electron chi connectivity index (χ0n) is 13.9. The summed E-state index contributed by atoms with van der Waals surface area (Å²) < 4.78 is 15.6. The second-order valence-corrected chi connectivity index (χ2v) is 7.48. The van der Waals surface area contributed by atoms with Crippen molar-refractivity contribution in [3.63, 3.8) is 0 Å². The van der Waals surface area contributed by atoms with Gasteiger partial charge >= 0.3 is 0 Å². The molecule has 0 saturated carbocycles. The highest BCUT2D eigenvalue weighted by Crippen LogP contribution is 2.30. The summed E-state index contributed by atoms with van der Waals surface area (Å²) in [4.78, 5) is 9.29. The Labute approximate surface area is 161 Å². The Balaban J connectivity index is 1.76. The second-order valence-electron chi connectivity index (χ2n) is 5.78. The van der Waals surface area contributed by atoms with Gasteiger partial charge in [-0.25, -0.2) is 18.9 Å². The molecule has 26 heavy (non-hydrogen) atoms. The van der Waals surface area contributed by atoms with E-state index in [2.05, 4.69) is 31.0 Å². The molecule has 0 aliphatic carbocycles. The van der Waals surface area contributed by atoms with Crippen LogP contribution in [-0.4, -0.2) is 19.6 Å². The fourth-order valence-electron chi connectivity index (χ4n) is 2.85. The fourth-order valence-corrected chi connectivity index (χ4v) is 3.97. The summed E-state index contributed by atoms with van der Waals surface area (Å²) in [5.41, 5.74) is 10.7. The molecular formula is C18H15BrFN5S. The molecule has 0 radical (unpaired) electrons. The lowest BCUT2D eigenvalue weighted by Gasteiger charge is -2.10. The van der Waals surface area contributed by atoms with Crippen molar-refractivity contribution in [2.45, 2.75) is 19.4 Å². The largest absolute Gasteiger partial charge is 0.317 e. The molecule has 2 N–H and O–H groups in total. The molecule has 132 valence electrons. The number of benzene rings is 1. The molecule has 0 bridgehead atoms. The summed E-state index contributed by atoms with van der Waals surface area (Å²) in [6, 6.07) is 9.59. The van der Waals surface area contributed by atoms with Crippen molar-refractivity contribution >= 4 is 32.9 Å². The van der Waals surface area contributed by atoms with Gasteiger partial charge in [0.2, 0.25) is 0 Å². The number of nitrogens with zero attached hydrogens (tertiary/aromatic N) is 4. The third-order valence-corrected chi connectivity index (χ3v) is 5.46. The molecule has 0 amide bonds. The van der Waals surface area contributed by atoms with E-state index in [1.165, 1.54) is 23.5 Å². The summed E-state index contributed by atoms with van der Waals surface area (Å²) in [5, 5.41) is 7.19. The van der Waals surface area contributed by atoms with Gasteiger partial charge in [-0.2, -0.15) is 5.10 Å². The minimum absolute atomic E-state index is 0.268. The number of fused-ring (bicyclic) bond motifs is 1. The van der Waals surface area contributed by atoms with Crippen molar-refractivity contribution in [2.75, 3.05) is 0 Å². The van der Waals surface area contributed by atoms with Gasteiger partial charge in [0, 0.05) is 10.9 Å². The molecule has 5 nitrogen and oxygen atoms in total. The van der Waals surface area contributed by atoms with Gasteiger partial charge < -0.3 is 5.73 Å². The number of aryl methyl sites for hydroxylation is 1. The minimum atomic E-state index is -0.444. The van der Waals surface area contributed by atoms with Gasteiger partial charge in [-0.05, 0) is 58.7 Å². The predicted molar refractivity (Wildman–Crippen MR) is 104 cm³/mol. The smallest absolute Gasteiger partial charge is 0.154 e. The molecule has 1 unspecified atom stereocenters. The Kier molecular flexibility index (Phi) is 4.56. The van der Waals surface area contributed by atoms with Crippen molar-refractivity contribution in [2.24, 2.45) is 5.73 Å². The van der Waals surface area contributed by atoms with Gasteiger partial charge in [0.25, 0.3) is 0 Å². The summed E-state index contributed by atoms with van der Waals surface area (Å²) >= 11 is 4.88. The van der Waals surface area contributed by atoms with E-state index in [-0.39, 0.29) is 5.82 Å². The van der Waals surface area contributed by atoms with E-state index in [0.29, 0.717) is 4.60 Å². The predicted octanol–water partition coefficient (Wildman–Crippen LogP) is 4.36. The van der Waals surface area contributed by atoms with Crippen LogP contribution in [0.4, 0.5) is 4.39 Å². The van der Waals surface area contributed by atoms with Gasteiger partial charge in [0.1, 0.15) is 21.5 Å². The lowest BCUT2D eigenvalue weighted by molar-refractivity contribution is 0.628. The molecule has 8 heteroatoms. The number of imidazole rings is 1. The summed E-state index contributed by atoms with van der Waals surface area (Å²) in [7, 11) is 0. The quantitative estimate of drug-likeness (QED) is 0.520. The standard InChI is InChI=1S/C18H15BrFN5S/c1-2-12-17(25-15(22-12)8-7-14(19)24-25)16(21)18-23-13(9-26-18)10-3-5-11(20)6-4-10/h3-9,16H,2,21H2,1H3. The van der Waals surface area contributed by atoms with Crippen molar-refractivity contribution < 1.29 is 4.39 Å². The van der Waals surface area contributed by atoms with Crippen molar-refractivity contribution in [1.29, 1.82) is 0 Å². The SMILES string of the molecule is CCc1nc2ccc(Br)nn2c1C(N)c1nc(-c2ccc(F)cc2)cs1. The van der Waals surface area contributed by atoms with Gasteiger partial charge in [0.15, 0.2) is 5.65 Å². The first-order valence-electron chi connectivity index (χ1n) is 8.08. The van der Waals surface area contributed by atoms with Crippen LogP contribution in [0.3, 0.4) is 0 Å². The first-order valence-corrected chi connectivity index (χ1v) is 9.75. The van der Waals surface area contributed by atoms with Crippen LogP contribution in [0, 0.1) is 5.82 Å². The average molecular weight is 432 g/mol. The van der Waals surface area contributed by atoms with Crippen LogP contribution in [0.2, 0.25) is 0 Å². The van der Waals surface area contributed by atoms with Crippen LogP contribution in [-0.2, 0) is 6.42 Å². The van der Waals surface area contributed by atoms with Crippen LogP contribution in [0.15, 0.2) is 46.4 Å². The second kappa shape index (κ2) is 6.86. The van der Waals surface area contributed by atoms with E-state index in [4.69, 9.17) is 5.73 Å². The van der Waals surface area contributed by atoms with E-state index in [1.807, 2.05) is 24.4 Å². The Morgan fingerprint density at radius 3 is 2.69 bits per heavy atom. The number of aromatic nitrogens is 4. The maximum Gasteiger partial charge on any atom is 0.154 e. The number of nitrogens with two attached hydrogens (primary N) is 1. The van der Waals surface area contributed by atoms with Crippen molar-refractivity contribution in [3.8, 4) is 11.3 Å². The Bertz CT molecular complexity index is 1070. The van der Waals surface area contributed by atoms with E-state index < -0.39 is 6.04 Å². The Morgan fingerprint density at radius 1 is 1.19 bits per heavy atom. The van der Waals surface area contributed by atoms with E-state index in [9.17, 15) is 4.39 Å². The highest BCUT2D eigenvalue weighted by molar-refractivity contribution is 9.10. The summed E-state index contributed by atoms with van der Waals surface area (Å²) in [6.07, 6.45) is 0.750. The molecule has 0 saturated heterocycles. The summed E-state index contributed by atoms with van der Waals surface area (Å²) in [6.45, 7) is 2.04. The van der Waals surface area contributed by atoms with Crippen molar-refractivity contribution in [3.05, 3.63) is 68.6 Å². The van der Waals surface area contributed by atoms with Crippen molar-refractivity contribution in [1.82, 2.24) is 19.6 Å². The Morgan fingerprint density at radius 2 is 1.96 bits per heavy atom. The first kappa shape index (κ1) is 17.3. The maximum atomic E-state index is 13.1. The number of hydrogen-bond acceptors (Lipinski definition) is 5. The molecule has 4 aromatic rings. The normalized spacial score (nSPS) is 12.6. The first-order chi connectivity index (χ1) is 12.6. The number of thiazole rings is 1. The van der Waals surface area contributed by atoms with Gasteiger partial charge in [-0.1, -0.05) is 6.92 Å². The van der Waals surface area contributed by atoms with E-state index in [1.54, 1.807) is 16.6 Å². The zero-order chi connectivity index (χ0) is 18.3. The molecule has 3 heterocycles. The lowest BCUT2D eigenvalue weighted by Crippen LogP contribution is -2.17. The zero-order valence-corrected chi connectivity index (χ0v) is 16.3. The van der Waals surface area contributed by atoms with Crippen LogP contribution < -0.4 is 5.73 Å². The van der Waals surface area contributed by atoms with Gasteiger partial charge in [0.05, 0.1) is 17.1 Å². The molecule has 0 aliphatic heterocycles. The molecule has 1 atom stereocenters. The average Bonchev–Trinajstić information content (AvgIpc) is 3.26.